The van der Waals surface area contributed by atoms with E-state index in [4.69, 9.17) is 11.6 Å². The molecule has 1 N–H and O–H groups in total. The molecule has 0 aliphatic heterocycles. The molecule has 0 atom stereocenters. The number of benzene rings is 1. The van der Waals surface area contributed by atoms with E-state index in [2.05, 4.69) is 5.32 Å². The van der Waals surface area contributed by atoms with E-state index in [1.807, 2.05) is 25.1 Å². The highest BCUT2D eigenvalue weighted by Crippen LogP contribution is 2.18. The molecule has 12 heavy (non-hydrogen) atoms. The van der Waals surface area contributed by atoms with Crippen LogP contribution < -0.4 is 5.32 Å². The van der Waals surface area contributed by atoms with Gasteiger partial charge in [-0.1, -0.05) is 23.7 Å². The van der Waals surface area contributed by atoms with E-state index in [1.54, 1.807) is 0 Å². The largest absolute Gasteiger partial charge is 0.355 e. The maximum Gasteiger partial charge on any atom is 0.207 e. The van der Waals surface area contributed by atoms with E-state index < -0.39 is 0 Å². The maximum atomic E-state index is 10.0. The van der Waals surface area contributed by atoms with E-state index in [0.29, 0.717) is 13.0 Å². The lowest BCUT2D eigenvalue weighted by Gasteiger charge is -2.05. The lowest BCUT2D eigenvalue weighted by atomic mass is 10.1. The molecule has 2 nitrogen and oxygen atoms in total. The Bertz CT molecular complexity index is 286. The minimum absolute atomic E-state index is 0.538. The molecule has 0 aromatic heterocycles. The van der Waals surface area contributed by atoms with Gasteiger partial charge in [-0.2, -0.15) is 0 Å². The Balaban J connectivity index is 2.84. The number of carbonyl (C=O) groups excluding carboxylic acids is 1. The van der Waals surface area contributed by atoms with Gasteiger partial charge in [0.2, 0.25) is 6.41 Å². The molecule has 3 heteroatoms. The molecule has 0 saturated carbocycles. The van der Waals surface area contributed by atoms with Gasteiger partial charge in [0.25, 0.3) is 0 Å². The van der Waals surface area contributed by atoms with Crippen molar-refractivity contribution in [3.05, 3.63) is 34.3 Å². The second-order valence-corrected chi connectivity index (χ2v) is 2.93. The van der Waals surface area contributed by atoms with Gasteiger partial charge in [0.05, 0.1) is 0 Å². The van der Waals surface area contributed by atoms with Crippen LogP contribution in [-0.4, -0.2) is 6.41 Å². The van der Waals surface area contributed by atoms with Crippen LogP contribution in [-0.2, 0) is 11.3 Å². The van der Waals surface area contributed by atoms with Gasteiger partial charge in [0.15, 0.2) is 0 Å². The minimum Gasteiger partial charge on any atom is -0.355 e. The molecule has 1 aromatic rings. The highest BCUT2D eigenvalue weighted by atomic mass is 35.5. The molecule has 1 rings (SSSR count). The highest BCUT2D eigenvalue weighted by molar-refractivity contribution is 6.31. The van der Waals surface area contributed by atoms with Gasteiger partial charge in [-0.15, -0.1) is 0 Å². The second kappa shape index (κ2) is 4.12. The zero-order valence-corrected chi connectivity index (χ0v) is 7.56. The first kappa shape index (κ1) is 9.07. The molecular weight excluding hydrogens is 174 g/mol. The Morgan fingerprint density at radius 3 is 3.00 bits per heavy atom. The van der Waals surface area contributed by atoms with Gasteiger partial charge in [-0.05, 0) is 24.1 Å². The molecule has 1 amide bonds. The number of carbonyl (C=O) groups is 1. The van der Waals surface area contributed by atoms with Gasteiger partial charge in [0, 0.05) is 11.6 Å². The lowest BCUT2D eigenvalue weighted by Crippen LogP contribution is -2.10. The number of hydrogen-bond donors (Lipinski definition) is 1. The van der Waals surface area contributed by atoms with Gasteiger partial charge < -0.3 is 5.32 Å². The Hall–Kier alpha value is -1.02. The zero-order valence-electron chi connectivity index (χ0n) is 6.80. The summed E-state index contributed by atoms with van der Waals surface area (Å²) in [6.07, 6.45) is 0.681. The van der Waals surface area contributed by atoms with Crippen molar-refractivity contribution in [2.24, 2.45) is 0 Å². The van der Waals surface area contributed by atoms with Crippen LogP contribution in [0.25, 0.3) is 0 Å². The van der Waals surface area contributed by atoms with Crippen molar-refractivity contribution in [2.75, 3.05) is 0 Å². The number of rotatable bonds is 3. The van der Waals surface area contributed by atoms with Crippen LogP contribution in [0.15, 0.2) is 18.2 Å². The molecule has 0 spiro atoms. The molecule has 0 heterocycles. The van der Waals surface area contributed by atoms with Crippen LogP contribution in [0.4, 0.5) is 0 Å². The summed E-state index contributed by atoms with van der Waals surface area (Å²) in [6.45, 7) is 2.47. The van der Waals surface area contributed by atoms with Crippen molar-refractivity contribution in [3.63, 3.8) is 0 Å². The first-order valence-corrected chi connectivity index (χ1v) is 4.04. The average molecular weight is 184 g/mol. The molecule has 64 valence electrons. The van der Waals surface area contributed by atoms with Crippen LogP contribution in [0.5, 0.6) is 0 Å². The van der Waals surface area contributed by atoms with Crippen molar-refractivity contribution in [2.45, 2.75) is 13.5 Å². The summed E-state index contributed by atoms with van der Waals surface area (Å²) in [5, 5.41) is 3.33. The van der Waals surface area contributed by atoms with Gasteiger partial charge in [0.1, 0.15) is 0 Å². The topological polar surface area (TPSA) is 29.1 Å². The maximum absolute atomic E-state index is 10.0. The van der Waals surface area contributed by atoms with Crippen LogP contribution in [0, 0.1) is 6.92 Å². The predicted molar refractivity (Wildman–Crippen MR) is 49.1 cm³/mol. The first-order valence-electron chi connectivity index (χ1n) is 3.66. The van der Waals surface area contributed by atoms with Crippen molar-refractivity contribution in [1.29, 1.82) is 0 Å². The van der Waals surface area contributed by atoms with Crippen LogP contribution in [0.1, 0.15) is 11.1 Å². The van der Waals surface area contributed by atoms with Crippen molar-refractivity contribution >= 4 is 18.0 Å². The zero-order chi connectivity index (χ0) is 8.97. The molecule has 1 aromatic carbocycles. The fourth-order valence-corrected chi connectivity index (χ4v) is 1.19. The predicted octanol–water partition coefficient (Wildman–Crippen LogP) is 1.89. The average Bonchev–Trinajstić information content (AvgIpc) is 2.08. The highest BCUT2D eigenvalue weighted by Gasteiger charge is 1.99. The number of nitrogens with one attached hydrogen (secondary N) is 1. The summed E-state index contributed by atoms with van der Waals surface area (Å²) in [5.41, 5.74) is 2.07. The fourth-order valence-electron chi connectivity index (χ4n) is 0.995. The third kappa shape index (κ3) is 1.98. The Kier molecular flexibility index (Phi) is 3.11. The van der Waals surface area contributed by atoms with Crippen LogP contribution in [0.3, 0.4) is 0 Å². The Labute approximate surface area is 76.5 Å². The lowest BCUT2D eigenvalue weighted by molar-refractivity contribution is -0.109. The quantitative estimate of drug-likeness (QED) is 0.713. The van der Waals surface area contributed by atoms with Gasteiger partial charge in [-0.25, -0.2) is 0 Å². The number of hydrogen-bond acceptors (Lipinski definition) is 1. The Morgan fingerprint density at radius 2 is 2.33 bits per heavy atom. The monoisotopic (exact) mass is 183 g/mol. The van der Waals surface area contributed by atoms with Crippen molar-refractivity contribution in [1.82, 2.24) is 5.32 Å². The second-order valence-electron chi connectivity index (χ2n) is 2.52. The minimum atomic E-state index is 0.538. The Morgan fingerprint density at radius 1 is 1.58 bits per heavy atom. The van der Waals surface area contributed by atoms with E-state index in [9.17, 15) is 4.79 Å². The third-order valence-electron chi connectivity index (χ3n) is 1.76. The van der Waals surface area contributed by atoms with Crippen molar-refractivity contribution < 1.29 is 4.79 Å². The van der Waals surface area contributed by atoms with Gasteiger partial charge in [-0.3, -0.25) is 4.79 Å². The molecule has 0 radical (unpaired) electrons. The molecule has 0 aliphatic rings. The van der Waals surface area contributed by atoms with Gasteiger partial charge >= 0.3 is 0 Å². The molecule has 0 fully saturated rings. The SMILES string of the molecule is Cc1c(Cl)cccc1CNC=O. The summed E-state index contributed by atoms with van der Waals surface area (Å²) in [5.74, 6) is 0. The molecule has 0 saturated heterocycles. The number of halogens is 1. The van der Waals surface area contributed by atoms with Crippen LogP contribution >= 0.6 is 11.6 Å². The third-order valence-corrected chi connectivity index (χ3v) is 2.17. The normalized spacial score (nSPS) is 9.50. The van der Waals surface area contributed by atoms with E-state index in [0.717, 1.165) is 16.1 Å². The molecular formula is C9H10ClNO. The number of amides is 1. The summed E-state index contributed by atoms with van der Waals surface area (Å²) in [7, 11) is 0. The van der Waals surface area contributed by atoms with E-state index in [-0.39, 0.29) is 0 Å². The summed E-state index contributed by atoms with van der Waals surface area (Å²) >= 11 is 5.88. The van der Waals surface area contributed by atoms with E-state index >= 15 is 0 Å². The molecule has 0 unspecified atom stereocenters. The summed E-state index contributed by atoms with van der Waals surface area (Å²) in [4.78, 5) is 10.0. The standard InChI is InChI=1S/C9H10ClNO/c1-7-8(5-11-6-12)3-2-4-9(7)10/h2-4,6H,5H2,1H3,(H,11,12). The van der Waals surface area contributed by atoms with E-state index in [1.165, 1.54) is 0 Å². The molecule has 0 aliphatic carbocycles. The fraction of sp³-hybridized carbons (Fsp3) is 0.222. The summed E-state index contributed by atoms with van der Waals surface area (Å²) < 4.78 is 0. The smallest absolute Gasteiger partial charge is 0.207 e. The molecule has 0 bridgehead atoms. The summed E-state index contributed by atoms with van der Waals surface area (Å²) in [6, 6.07) is 5.65. The van der Waals surface area contributed by atoms with Crippen LogP contribution in [0.2, 0.25) is 5.02 Å². The van der Waals surface area contributed by atoms with Crippen molar-refractivity contribution in [3.8, 4) is 0 Å². The first-order chi connectivity index (χ1) is 5.75.